The SMILES string of the molecule is Nc1ccsc1-c1ccc(-c2ccc(Cl)cc2F)cc1. The van der Waals surface area contributed by atoms with Gasteiger partial charge in [0, 0.05) is 10.6 Å². The summed E-state index contributed by atoms with van der Waals surface area (Å²) in [5.74, 6) is -0.319. The molecule has 1 heterocycles. The Balaban J connectivity index is 1.99. The Morgan fingerprint density at radius 3 is 2.25 bits per heavy atom. The van der Waals surface area contributed by atoms with Gasteiger partial charge in [-0.05, 0) is 40.8 Å². The lowest BCUT2D eigenvalue weighted by molar-refractivity contribution is 0.631. The molecule has 1 nitrogen and oxygen atoms in total. The van der Waals surface area contributed by atoms with Crippen LogP contribution >= 0.6 is 22.9 Å². The second-order valence-corrected chi connectivity index (χ2v) is 5.76. The third-order valence-corrected chi connectivity index (χ3v) is 4.30. The molecule has 0 unspecified atom stereocenters. The van der Waals surface area contributed by atoms with E-state index < -0.39 is 0 Å². The summed E-state index contributed by atoms with van der Waals surface area (Å²) < 4.78 is 13.9. The molecule has 0 radical (unpaired) electrons. The van der Waals surface area contributed by atoms with E-state index in [4.69, 9.17) is 17.3 Å². The zero-order valence-electron chi connectivity index (χ0n) is 10.4. The van der Waals surface area contributed by atoms with Crippen LogP contribution in [-0.2, 0) is 0 Å². The van der Waals surface area contributed by atoms with Crippen molar-refractivity contribution in [2.45, 2.75) is 0 Å². The van der Waals surface area contributed by atoms with Gasteiger partial charge in [0.1, 0.15) is 5.82 Å². The molecule has 0 amide bonds. The van der Waals surface area contributed by atoms with E-state index >= 15 is 0 Å². The number of anilines is 1. The summed E-state index contributed by atoms with van der Waals surface area (Å²) in [6.45, 7) is 0. The van der Waals surface area contributed by atoms with Gasteiger partial charge in [-0.25, -0.2) is 4.39 Å². The molecule has 3 aromatic rings. The third-order valence-electron chi connectivity index (χ3n) is 3.08. The molecule has 2 N–H and O–H groups in total. The Labute approximate surface area is 125 Å². The molecule has 0 fully saturated rings. The Morgan fingerprint density at radius 1 is 0.950 bits per heavy atom. The summed E-state index contributed by atoms with van der Waals surface area (Å²) in [6, 6.07) is 14.3. The van der Waals surface area contributed by atoms with Crippen LogP contribution in [0.2, 0.25) is 5.02 Å². The first-order chi connectivity index (χ1) is 9.65. The Morgan fingerprint density at radius 2 is 1.65 bits per heavy atom. The zero-order valence-corrected chi connectivity index (χ0v) is 12.0. The highest BCUT2D eigenvalue weighted by Crippen LogP contribution is 2.33. The first-order valence-electron chi connectivity index (χ1n) is 6.04. The average Bonchev–Trinajstić information content (AvgIpc) is 2.85. The minimum atomic E-state index is -0.319. The van der Waals surface area contributed by atoms with Crippen molar-refractivity contribution in [2.24, 2.45) is 0 Å². The molecule has 0 aliphatic heterocycles. The number of nitrogen functional groups attached to an aromatic ring is 1. The molecular formula is C16H11ClFNS. The standard InChI is InChI=1S/C16H11ClFNS/c17-12-5-6-13(14(18)9-12)10-1-3-11(4-2-10)16-15(19)7-8-20-16/h1-9H,19H2. The van der Waals surface area contributed by atoms with Crippen molar-refractivity contribution < 1.29 is 4.39 Å². The molecule has 2 aromatic carbocycles. The van der Waals surface area contributed by atoms with Crippen LogP contribution in [0, 0.1) is 5.82 Å². The van der Waals surface area contributed by atoms with Crippen molar-refractivity contribution in [3.05, 3.63) is 64.8 Å². The summed E-state index contributed by atoms with van der Waals surface area (Å²) in [6.07, 6.45) is 0. The monoisotopic (exact) mass is 303 g/mol. The number of halogens is 2. The quantitative estimate of drug-likeness (QED) is 0.668. The van der Waals surface area contributed by atoms with Crippen LogP contribution in [0.4, 0.5) is 10.1 Å². The fourth-order valence-corrected chi connectivity index (χ4v) is 3.06. The van der Waals surface area contributed by atoms with Crippen LogP contribution in [0.5, 0.6) is 0 Å². The molecule has 0 aliphatic rings. The molecular weight excluding hydrogens is 293 g/mol. The van der Waals surface area contributed by atoms with E-state index in [0.717, 1.165) is 21.7 Å². The highest BCUT2D eigenvalue weighted by atomic mass is 35.5. The van der Waals surface area contributed by atoms with Crippen LogP contribution in [0.25, 0.3) is 21.6 Å². The van der Waals surface area contributed by atoms with Crippen molar-refractivity contribution in [3.63, 3.8) is 0 Å². The maximum atomic E-state index is 13.9. The molecule has 0 saturated carbocycles. The van der Waals surface area contributed by atoms with E-state index in [-0.39, 0.29) is 5.82 Å². The molecule has 1 aromatic heterocycles. The first kappa shape index (κ1) is 13.2. The maximum absolute atomic E-state index is 13.9. The Bertz CT molecular complexity index is 749. The Hall–Kier alpha value is -1.84. The molecule has 0 spiro atoms. The fraction of sp³-hybridized carbons (Fsp3) is 0. The summed E-state index contributed by atoms with van der Waals surface area (Å²) in [7, 11) is 0. The van der Waals surface area contributed by atoms with Gasteiger partial charge in [0.05, 0.1) is 10.6 Å². The summed E-state index contributed by atoms with van der Waals surface area (Å²) >= 11 is 7.35. The van der Waals surface area contributed by atoms with Gasteiger partial charge in [0.25, 0.3) is 0 Å². The first-order valence-corrected chi connectivity index (χ1v) is 7.30. The normalized spacial score (nSPS) is 10.7. The average molecular weight is 304 g/mol. The number of nitrogens with two attached hydrogens (primary N) is 1. The van der Waals surface area contributed by atoms with Gasteiger partial charge in [0.15, 0.2) is 0 Å². The van der Waals surface area contributed by atoms with Gasteiger partial charge >= 0.3 is 0 Å². The minimum absolute atomic E-state index is 0.319. The van der Waals surface area contributed by atoms with Gasteiger partial charge in [0.2, 0.25) is 0 Å². The van der Waals surface area contributed by atoms with Crippen molar-refractivity contribution >= 4 is 28.6 Å². The van der Waals surface area contributed by atoms with E-state index in [1.54, 1.807) is 23.5 Å². The van der Waals surface area contributed by atoms with Crippen LogP contribution in [-0.4, -0.2) is 0 Å². The van der Waals surface area contributed by atoms with Gasteiger partial charge in [-0.1, -0.05) is 35.9 Å². The predicted octanol–water partition coefficient (Wildman–Crippen LogP) is 5.46. The molecule has 3 rings (SSSR count). The van der Waals surface area contributed by atoms with Gasteiger partial charge < -0.3 is 5.73 Å². The largest absolute Gasteiger partial charge is 0.398 e. The zero-order chi connectivity index (χ0) is 14.1. The van der Waals surface area contributed by atoms with Crippen molar-refractivity contribution in [1.82, 2.24) is 0 Å². The summed E-state index contributed by atoms with van der Waals surface area (Å²) in [5.41, 5.74) is 9.06. The summed E-state index contributed by atoms with van der Waals surface area (Å²) in [5, 5.41) is 2.35. The smallest absolute Gasteiger partial charge is 0.132 e. The lowest BCUT2D eigenvalue weighted by Crippen LogP contribution is -1.86. The molecule has 0 saturated heterocycles. The number of rotatable bonds is 2. The van der Waals surface area contributed by atoms with Crippen LogP contribution in [0.1, 0.15) is 0 Å². The number of thiophene rings is 1. The lowest BCUT2D eigenvalue weighted by Gasteiger charge is -2.06. The van der Waals surface area contributed by atoms with Crippen molar-refractivity contribution in [1.29, 1.82) is 0 Å². The Kier molecular flexibility index (Phi) is 3.47. The number of hydrogen-bond acceptors (Lipinski definition) is 2. The molecule has 0 aliphatic carbocycles. The maximum Gasteiger partial charge on any atom is 0.132 e. The second kappa shape index (κ2) is 5.27. The van der Waals surface area contributed by atoms with Crippen LogP contribution in [0.3, 0.4) is 0 Å². The van der Waals surface area contributed by atoms with Crippen molar-refractivity contribution in [2.75, 3.05) is 5.73 Å². The topological polar surface area (TPSA) is 26.0 Å². The molecule has 0 atom stereocenters. The highest BCUT2D eigenvalue weighted by molar-refractivity contribution is 7.14. The van der Waals surface area contributed by atoms with Crippen molar-refractivity contribution in [3.8, 4) is 21.6 Å². The fourth-order valence-electron chi connectivity index (χ4n) is 2.08. The number of hydrogen-bond donors (Lipinski definition) is 1. The van der Waals surface area contributed by atoms with E-state index in [1.165, 1.54) is 6.07 Å². The molecule has 4 heteroatoms. The van der Waals surface area contributed by atoms with Gasteiger partial charge in [-0.3, -0.25) is 0 Å². The molecule has 20 heavy (non-hydrogen) atoms. The summed E-state index contributed by atoms with van der Waals surface area (Å²) in [4.78, 5) is 1.04. The van der Waals surface area contributed by atoms with Crippen LogP contribution < -0.4 is 5.73 Å². The second-order valence-electron chi connectivity index (χ2n) is 4.41. The highest BCUT2D eigenvalue weighted by Gasteiger charge is 2.08. The van der Waals surface area contributed by atoms with Gasteiger partial charge in [-0.15, -0.1) is 11.3 Å². The minimum Gasteiger partial charge on any atom is -0.398 e. The third kappa shape index (κ3) is 2.42. The van der Waals surface area contributed by atoms with E-state index in [0.29, 0.717) is 10.6 Å². The number of benzene rings is 2. The van der Waals surface area contributed by atoms with E-state index in [9.17, 15) is 4.39 Å². The van der Waals surface area contributed by atoms with E-state index in [2.05, 4.69) is 0 Å². The van der Waals surface area contributed by atoms with E-state index in [1.807, 2.05) is 35.7 Å². The predicted molar refractivity (Wildman–Crippen MR) is 84.6 cm³/mol. The molecule has 0 bridgehead atoms. The molecule has 100 valence electrons. The lowest BCUT2D eigenvalue weighted by atomic mass is 10.0. The van der Waals surface area contributed by atoms with Crippen LogP contribution in [0.15, 0.2) is 53.9 Å². The van der Waals surface area contributed by atoms with Gasteiger partial charge in [-0.2, -0.15) is 0 Å².